The number of ether oxygens (including phenoxy) is 1. The zero-order valence-corrected chi connectivity index (χ0v) is 15.5. The van der Waals surface area contributed by atoms with Crippen LogP contribution in [0.1, 0.15) is 26.5 Å². The molecule has 15 heteroatoms. The number of halogens is 3. The molecule has 1 aromatic carbocycles. The van der Waals surface area contributed by atoms with Crippen LogP contribution in [0.2, 0.25) is 5.02 Å². The van der Waals surface area contributed by atoms with E-state index in [0.717, 1.165) is 12.1 Å². The highest BCUT2D eigenvalue weighted by Crippen LogP contribution is 2.36. The zero-order valence-electron chi connectivity index (χ0n) is 14.8. The summed E-state index contributed by atoms with van der Waals surface area (Å²) >= 11 is 6.21. The van der Waals surface area contributed by atoms with Crippen LogP contribution in [0.15, 0.2) is 21.9 Å². The first-order chi connectivity index (χ1) is 13.8. The first-order valence-electron chi connectivity index (χ1n) is 7.79. The van der Waals surface area contributed by atoms with Crippen molar-refractivity contribution in [3.05, 3.63) is 34.1 Å². The van der Waals surface area contributed by atoms with E-state index in [1.54, 1.807) is 7.05 Å². The number of benzene rings is 1. The molecule has 1 aliphatic heterocycles. The summed E-state index contributed by atoms with van der Waals surface area (Å²) in [6.45, 7) is -1.75. The van der Waals surface area contributed by atoms with Gasteiger partial charge in [0.1, 0.15) is 11.4 Å². The molecule has 1 aromatic heterocycles. The molecule has 0 fully saturated rings. The number of anilines is 1. The van der Waals surface area contributed by atoms with Gasteiger partial charge < -0.3 is 10.1 Å². The van der Waals surface area contributed by atoms with Crippen LogP contribution >= 0.6 is 11.6 Å². The predicted octanol–water partition coefficient (Wildman–Crippen LogP) is 0.841. The van der Waals surface area contributed by atoms with Crippen LogP contribution in [-0.2, 0) is 0 Å². The Morgan fingerprint density at radius 2 is 2.03 bits per heavy atom. The van der Waals surface area contributed by atoms with E-state index in [1.807, 2.05) is 0 Å². The molecule has 0 aliphatic carbocycles. The van der Waals surface area contributed by atoms with Crippen LogP contribution in [-0.4, -0.2) is 46.8 Å². The predicted molar refractivity (Wildman–Crippen MR) is 94.0 cm³/mol. The average Bonchev–Trinajstić information content (AvgIpc) is 3.26. The van der Waals surface area contributed by atoms with Gasteiger partial charge in [-0.2, -0.15) is 8.78 Å². The highest BCUT2D eigenvalue weighted by atomic mass is 35.5. The Labute approximate surface area is 166 Å². The van der Waals surface area contributed by atoms with Gasteiger partial charge in [-0.15, -0.1) is 10.6 Å². The molecule has 0 unspecified atom stereocenters. The highest BCUT2D eigenvalue weighted by molar-refractivity contribution is 6.37. The summed E-state index contributed by atoms with van der Waals surface area (Å²) < 4.78 is 34.3. The standard InChI is InChI=1S/C14H13ClF2N8O4/c1-5-9(22-29-21-5)12(27)18-10-7(28-13(16)17)4-3-6(8(10)15)11(26)19-14-20-23-24-25(14)2/h3-4,13,23-24H,1-2H3,(H,18,27)(H,19,20,26). The number of hydrazone groups is 1. The topological polar surface area (TPSA) is 146 Å². The third-order valence-corrected chi connectivity index (χ3v) is 3.99. The van der Waals surface area contributed by atoms with Crippen LogP contribution in [0.5, 0.6) is 5.75 Å². The maximum absolute atomic E-state index is 12.8. The summed E-state index contributed by atoms with van der Waals surface area (Å²) in [5, 5.41) is 16.4. The maximum Gasteiger partial charge on any atom is 0.387 e. The molecule has 0 saturated carbocycles. The fraction of sp³-hybridized carbons (Fsp3) is 0.214. The molecule has 154 valence electrons. The van der Waals surface area contributed by atoms with Gasteiger partial charge in [0.25, 0.3) is 11.8 Å². The van der Waals surface area contributed by atoms with E-state index in [2.05, 4.69) is 46.5 Å². The fourth-order valence-electron chi connectivity index (χ4n) is 2.22. The number of aromatic nitrogens is 2. The van der Waals surface area contributed by atoms with E-state index in [1.165, 1.54) is 11.9 Å². The summed E-state index contributed by atoms with van der Waals surface area (Å²) in [4.78, 5) is 24.9. The molecule has 0 atom stereocenters. The Hall–Kier alpha value is -3.52. The molecule has 3 rings (SSSR count). The summed E-state index contributed by atoms with van der Waals surface area (Å²) in [6.07, 6.45) is 0. The lowest BCUT2D eigenvalue weighted by Gasteiger charge is -2.17. The molecular formula is C14H13ClF2N8O4. The van der Waals surface area contributed by atoms with Gasteiger partial charge >= 0.3 is 6.61 Å². The lowest BCUT2D eigenvalue weighted by Crippen LogP contribution is -2.45. The van der Waals surface area contributed by atoms with Crippen molar-refractivity contribution in [3.63, 3.8) is 0 Å². The van der Waals surface area contributed by atoms with E-state index in [-0.39, 0.29) is 33.6 Å². The summed E-state index contributed by atoms with van der Waals surface area (Å²) in [7, 11) is 1.57. The maximum atomic E-state index is 12.8. The number of hydrogen-bond donors (Lipinski definition) is 4. The molecule has 12 nitrogen and oxygen atoms in total. The van der Waals surface area contributed by atoms with Crippen molar-refractivity contribution >= 4 is 35.1 Å². The number of alkyl halides is 2. The van der Waals surface area contributed by atoms with Gasteiger partial charge in [-0.05, 0) is 24.2 Å². The molecule has 29 heavy (non-hydrogen) atoms. The second-order valence-corrected chi connectivity index (χ2v) is 5.88. The summed E-state index contributed by atoms with van der Waals surface area (Å²) in [6, 6.07) is 2.22. The van der Waals surface area contributed by atoms with Gasteiger partial charge in [0, 0.05) is 7.05 Å². The van der Waals surface area contributed by atoms with Crippen molar-refractivity contribution in [3.8, 4) is 5.75 Å². The summed E-state index contributed by atoms with van der Waals surface area (Å²) in [5.74, 6) is -1.91. The second-order valence-electron chi connectivity index (χ2n) is 5.50. The number of nitrogens with zero attached hydrogens (tertiary/aromatic N) is 4. The number of carbonyl (C=O) groups excluding carboxylic acids is 2. The molecule has 1 aliphatic rings. The van der Waals surface area contributed by atoms with Crippen LogP contribution in [0.25, 0.3) is 0 Å². The van der Waals surface area contributed by atoms with E-state index in [0.29, 0.717) is 0 Å². The van der Waals surface area contributed by atoms with Crippen LogP contribution in [0, 0.1) is 6.92 Å². The van der Waals surface area contributed by atoms with E-state index in [9.17, 15) is 18.4 Å². The number of hydrogen-bond acceptors (Lipinski definition) is 10. The van der Waals surface area contributed by atoms with Gasteiger partial charge in [-0.25, -0.2) is 10.2 Å². The van der Waals surface area contributed by atoms with Crippen molar-refractivity contribution in [2.24, 2.45) is 5.10 Å². The van der Waals surface area contributed by atoms with Crippen LogP contribution in [0.3, 0.4) is 0 Å². The Morgan fingerprint density at radius 1 is 1.28 bits per heavy atom. The number of amides is 2. The number of rotatable bonds is 5. The minimum Gasteiger partial charge on any atom is -0.433 e. The van der Waals surface area contributed by atoms with Crippen molar-refractivity contribution in [2.45, 2.75) is 13.5 Å². The van der Waals surface area contributed by atoms with Crippen molar-refractivity contribution in [1.29, 1.82) is 0 Å². The third kappa shape index (κ3) is 4.33. The molecule has 0 spiro atoms. The molecule has 2 aromatic rings. The molecule has 2 amide bonds. The fourth-order valence-corrected chi connectivity index (χ4v) is 2.51. The molecule has 0 bridgehead atoms. The smallest absolute Gasteiger partial charge is 0.387 e. The Bertz CT molecular complexity index is 983. The molecule has 2 heterocycles. The van der Waals surface area contributed by atoms with E-state index >= 15 is 0 Å². The number of nitrogens with one attached hydrogen (secondary N) is 4. The largest absolute Gasteiger partial charge is 0.433 e. The first-order valence-corrected chi connectivity index (χ1v) is 8.17. The van der Waals surface area contributed by atoms with Gasteiger partial charge in [0.2, 0.25) is 5.96 Å². The Balaban J connectivity index is 1.93. The van der Waals surface area contributed by atoms with Gasteiger partial charge in [0.05, 0.1) is 10.6 Å². The van der Waals surface area contributed by atoms with Crippen LogP contribution < -0.4 is 26.4 Å². The zero-order chi connectivity index (χ0) is 21.1. The Kier molecular flexibility index (Phi) is 5.74. The quantitative estimate of drug-likeness (QED) is 0.541. The van der Waals surface area contributed by atoms with Gasteiger partial charge in [-0.1, -0.05) is 16.8 Å². The average molecular weight is 431 g/mol. The number of carbonyl (C=O) groups is 2. The minimum atomic E-state index is -3.20. The van der Waals surface area contributed by atoms with E-state index < -0.39 is 24.2 Å². The lowest BCUT2D eigenvalue weighted by atomic mass is 10.1. The lowest BCUT2D eigenvalue weighted by molar-refractivity contribution is -0.0493. The summed E-state index contributed by atoms with van der Waals surface area (Å²) in [5.41, 5.74) is 4.46. The monoisotopic (exact) mass is 430 g/mol. The van der Waals surface area contributed by atoms with Gasteiger partial charge in [-0.3, -0.25) is 19.9 Å². The number of aryl methyl sites for hydroxylation is 1. The highest BCUT2D eigenvalue weighted by Gasteiger charge is 2.25. The number of guanidine groups is 1. The first kappa shape index (κ1) is 20.2. The van der Waals surface area contributed by atoms with Crippen LogP contribution in [0.4, 0.5) is 14.5 Å². The molecule has 0 radical (unpaired) electrons. The second kappa shape index (κ2) is 8.24. The normalized spacial score (nSPS) is 13.2. The SMILES string of the molecule is Cc1nonc1C(=O)Nc1c(OC(F)F)ccc(C(=O)NC2=NNNN2C)c1Cl. The number of hydrazine groups is 2. The molecule has 0 saturated heterocycles. The minimum absolute atomic E-state index is 0.119. The van der Waals surface area contributed by atoms with Crippen molar-refractivity contribution in [1.82, 2.24) is 31.7 Å². The van der Waals surface area contributed by atoms with Gasteiger partial charge in [0.15, 0.2) is 11.4 Å². The van der Waals surface area contributed by atoms with Crippen molar-refractivity contribution in [2.75, 3.05) is 12.4 Å². The third-order valence-electron chi connectivity index (χ3n) is 3.59. The Morgan fingerprint density at radius 3 is 2.62 bits per heavy atom. The molecule has 4 N–H and O–H groups in total. The molecular weight excluding hydrogens is 418 g/mol. The van der Waals surface area contributed by atoms with E-state index in [4.69, 9.17) is 11.6 Å². The van der Waals surface area contributed by atoms with Crippen molar-refractivity contribution < 1.29 is 27.7 Å².